The SMILES string of the molecule is N#CCc1cccc(C(=O)c2ccc(Cl)cc2)c1N. The maximum atomic E-state index is 12.3. The van der Waals surface area contributed by atoms with Crippen molar-refractivity contribution in [2.75, 3.05) is 5.73 Å². The van der Waals surface area contributed by atoms with E-state index in [-0.39, 0.29) is 12.2 Å². The fourth-order valence-corrected chi connectivity index (χ4v) is 1.93. The monoisotopic (exact) mass is 270 g/mol. The van der Waals surface area contributed by atoms with E-state index < -0.39 is 0 Å². The smallest absolute Gasteiger partial charge is 0.195 e. The van der Waals surface area contributed by atoms with Crippen molar-refractivity contribution < 1.29 is 4.79 Å². The molecule has 0 saturated carbocycles. The molecule has 0 spiro atoms. The van der Waals surface area contributed by atoms with Gasteiger partial charge < -0.3 is 5.73 Å². The van der Waals surface area contributed by atoms with E-state index in [0.29, 0.717) is 27.4 Å². The minimum atomic E-state index is -0.172. The zero-order valence-electron chi connectivity index (χ0n) is 10.1. The summed E-state index contributed by atoms with van der Waals surface area (Å²) in [5.41, 5.74) is 7.90. The number of hydrogen-bond donors (Lipinski definition) is 1. The van der Waals surface area contributed by atoms with Gasteiger partial charge in [-0.3, -0.25) is 4.79 Å². The molecular weight excluding hydrogens is 260 g/mol. The molecule has 2 N–H and O–H groups in total. The Balaban J connectivity index is 2.42. The molecule has 0 heterocycles. The Hall–Kier alpha value is -2.31. The molecule has 0 amide bonds. The van der Waals surface area contributed by atoms with Crippen molar-refractivity contribution in [1.29, 1.82) is 5.26 Å². The third-order valence-corrected chi connectivity index (χ3v) is 3.07. The standard InChI is InChI=1S/C15H11ClN2O/c16-12-6-4-11(5-7-12)15(19)13-3-1-2-10(8-9-17)14(13)18/h1-7H,8,18H2. The van der Waals surface area contributed by atoms with Gasteiger partial charge in [-0.25, -0.2) is 0 Å². The molecule has 2 rings (SSSR count). The quantitative estimate of drug-likeness (QED) is 0.688. The molecule has 0 aliphatic carbocycles. The third-order valence-electron chi connectivity index (χ3n) is 2.82. The molecule has 0 aliphatic rings. The first-order valence-electron chi connectivity index (χ1n) is 5.68. The molecule has 4 heteroatoms. The van der Waals surface area contributed by atoms with Gasteiger partial charge in [-0.15, -0.1) is 0 Å². The van der Waals surface area contributed by atoms with Gasteiger partial charge in [0.1, 0.15) is 0 Å². The molecule has 0 aliphatic heterocycles. The van der Waals surface area contributed by atoms with Gasteiger partial charge in [0.05, 0.1) is 12.5 Å². The van der Waals surface area contributed by atoms with Crippen LogP contribution < -0.4 is 5.73 Å². The van der Waals surface area contributed by atoms with Crippen LogP contribution in [0.2, 0.25) is 5.02 Å². The number of benzene rings is 2. The number of nitrogens with zero attached hydrogens (tertiary/aromatic N) is 1. The average molecular weight is 271 g/mol. The summed E-state index contributed by atoms with van der Waals surface area (Å²) in [6, 6.07) is 13.8. The number of nitrogens with two attached hydrogens (primary N) is 1. The van der Waals surface area contributed by atoms with Crippen LogP contribution >= 0.6 is 11.6 Å². The van der Waals surface area contributed by atoms with Crippen molar-refractivity contribution in [2.24, 2.45) is 0 Å². The van der Waals surface area contributed by atoms with Gasteiger partial charge in [-0.05, 0) is 35.9 Å². The normalized spacial score (nSPS) is 9.89. The third kappa shape index (κ3) is 2.75. The summed E-state index contributed by atoms with van der Waals surface area (Å²) >= 11 is 5.79. The Bertz CT molecular complexity index is 657. The number of anilines is 1. The summed E-state index contributed by atoms with van der Waals surface area (Å²) in [5, 5.41) is 9.29. The molecule has 0 bridgehead atoms. The number of halogens is 1. The highest BCUT2D eigenvalue weighted by atomic mass is 35.5. The number of rotatable bonds is 3. The lowest BCUT2D eigenvalue weighted by Crippen LogP contribution is -2.07. The number of carbonyl (C=O) groups is 1. The molecule has 0 atom stereocenters. The van der Waals surface area contributed by atoms with Crippen LogP contribution in [0.4, 0.5) is 5.69 Å². The van der Waals surface area contributed by atoms with Gasteiger partial charge in [0.15, 0.2) is 5.78 Å². The first kappa shape index (κ1) is 13.1. The van der Waals surface area contributed by atoms with Crippen LogP contribution in [0.25, 0.3) is 0 Å². The van der Waals surface area contributed by atoms with Gasteiger partial charge in [0.25, 0.3) is 0 Å². The zero-order valence-corrected chi connectivity index (χ0v) is 10.8. The lowest BCUT2D eigenvalue weighted by molar-refractivity contribution is 0.103. The highest BCUT2D eigenvalue weighted by Gasteiger charge is 2.14. The molecule has 2 aromatic carbocycles. The molecule has 0 fully saturated rings. The van der Waals surface area contributed by atoms with Gasteiger partial charge in [-0.1, -0.05) is 23.7 Å². The van der Waals surface area contributed by atoms with Crippen LogP contribution in [0.3, 0.4) is 0 Å². The summed E-state index contributed by atoms with van der Waals surface area (Å²) in [6.07, 6.45) is 0.188. The maximum absolute atomic E-state index is 12.3. The minimum Gasteiger partial charge on any atom is -0.398 e. The topological polar surface area (TPSA) is 66.9 Å². The van der Waals surface area contributed by atoms with Crippen LogP contribution in [0, 0.1) is 11.3 Å². The Morgan fingerprint density at radius 3 is 2.53 bits per heavy atom. The van der Waals surface area contributed by atoms with Gasteiger partial charge in [0.2, 0.25) is 0 Å². The molecule has 2 aromatic rings. The fourth-order valence-electron chi connectivity index (χ4n) is 1.81. The van der Waals surface area contributed by atoms with E-state index in [1.807, 2.05) is 6.07 Å². The Morgan fingerprint density at radius 1 is 1.21 bits per heavy atom. The maximum Gasteiger partial charge on any atom is 0.195 e. The van der Waals surface area contributed by atoms with Crippen molar-refractivity contribution >= 4 is 23.1 Å². The molecule has 0 unspecified atom stereocenters. The lowest BCUT2D eigenvalue weighted by atomic mass is 9.98. The van der Waals surface area contributed by atoms with Crippen molar-refractivity contribution in [1.82, 2.24) is 0 Å². The fraction of sp³-hybridized carbons (Fsp3) is 0.0667. The molecule has 0 saturated heterocycles. The van der Waals surface area contributed by atoms with E-state index in [1.54, 1.807) is 42.5 Å². The average Bonchev–Trinajstić information content (AvgIpc) is 2.41. The predicted octanol–water partition coefficient (Wildman–Crippen LogP) is 3.22. The lowest BCUT2D eigenvalue weighted by Gasteiger charge is -2.08. The first-order chi connectivity index (χ1) is 9.13. The van der Waals surface area contributed by atoms with Crippen LogP contribution in [0.5, 0.6) is 0 Å². The van der Waals surface area contributed by atoms with Crippen LogP contribution in [0.1, 0.15) is 21.5 Å². The van der Waals surface area contributed by atoms with Crippen LogP contribution in [-0.4, -0.2) is 5.78 Å². The summed E-state index contributed by atoms with van der Waals surface area (Å²) in [7, 11) is 0. The van der Waals surface area contributed by atoms with E-state index in [1.165, 1.54) is 0 Å². The Kier molecular flexibility index (Phi) is 3.84. The first-order valence-corrected chi connectivity index (χ1v) is 6.06. The Labute approximate surface area is 116 Å². The van der Waals surface area contributed by atoms with Crippen molar-refractivity contribution in [3.05, 3.63) is 64.2 Å². The highest BCUT2D eigenvalue weighted by molar-refractivity contribution is 6.30. The van der Waals surface area contributed by atoms with Crippen molar-refractivity contribution in [2.45, 2.75) is 6.42 Å². The second kappa shape index (κ2) is 5.55. The summed E-state index contributed by atoms with van der Waals surface area (Å²) in [6.45, 7) is 0. The van der Waals surface area contributed by atoms with E-state index >= 15 is 0 Å². The van der Waals surface area contributed by atoms with Crippen molar-refractivity contribution in [3.8, 4) is 6.07 Å². The van der Waals surface area contributed by atoms with Crippen molar-refractivity contribution in [3.63, 3.8) is 0 Å². The number of hydrogen-bond acceptors (Lipinski definition) is 3. The molecule has 0 aromatic heterocycles. The van der Waals surface area contributed by atoms with Gasteiger partial charge in [0, 0.05) is 21.8 Å². The number of nitriles is 1. The van der Waals surface area contributed by atoms with E-state index in [4.69, 9.17) is 22.6 Å². The number of carbonyl (C=O) groups excluding carboxylic acids is 1. The van der Waals surface area contributed by atoms with Crippen LogP contribution in [-0.2, 0) is 6.42 Å². The number of para-hydroxylation sites is 1. The Morgan fingerprint density at radius 2 is 1.89 bits per heavy atom. The molecule has 94 valence electrons. The predicted molar refractivity (Wildman–Crippen MR) is 75.1 cm³/mol. The summed E-state index contributed by atoms with van der Waals surface area (Å²) in [4.78, 5) is 12.3. The molecule has 3 nitrogen and oxygen atoms in total. The largest absolute Gasteiger partial charge is 0.398 e. The van der Waals surface area contributed by atoms with E-state index in [9.17, 15) is 4.79 Å². The molecule has 0 radical (unpaired) electrons. The number of nitrogen functional groups attached to an aromatic ring is 1. The number of ketones is 1. The second-order valence-corrected chi connectivity index (χ2v) is 4.49. The van der Waals surface area contributed by atoms with Gasteiger partial charge in [-0.2, -0.15) is 5.26 Å². The zero-order chi connectivity index (χ0) is 13.8. The highest BCUT2D eigenvalue weighted by Crippen LogP contribution is 2.22. The minimum absolute atomic E-state index is 0.172. The summed E-state index contributed by atoms with van der Waals surface area (Å²) < 4.78 is 0. The second-order valence-electron chi connectivity index (χ2n) is 4.05. The van der Waals surface area contributed by atoms with E-state index in [0.717, 1.165) is 0 Å². The van der Waals surface area contributed by atoms with Crippen LogP contribution in [0.15, 0.2) is 42.5 Å². The van der Waals surface area contributed by atoms with Gasteiger partial charge >= 0.3 is 0 Å². The summed E-state index contributed by atoms with van der Waals surface area (Å²) in [5.74, 6) is -0.172. The molecular formula is C15H11ClN2O. The molecule has 19 heavy (non-hydrogen) atoms. The van der Waals surface area contributed by atoms with E-state index in [2.05, 4.69) is 0 Å².